The molecule has 1 aromatic heterocycles. The molecule has 2 rings (SSSR count). The minimum Gasteiger partial charge on any atom is -0.411 e. The number of nitrogen functional groups attached to an aromatic ring is 1. The zero-order chi connectivity index (χ0) is 22.3. The van der Waals surface area contributed by atoms with Crippen molar-refractivity contribution < 1.29 is 26.9 Å². The highest BCUT2D eigenvalue weighted by molar-refractivity contribution is 7.85. The summed E-state index contributed by atoms with van der Waals surface area (Å²) in [6, 6.07) is 1.46. The van der Waals surface area contributed by atoms with E-state index in [1.807, 2.05) is 13.1 Å². The van der Waals surface area contributed by atoms with Crippen molar-refractivity contribution in [3.63, 3.8) is 0 Å². The fraction of sp³-hybridized carbons (Fsp3) is 0.765. The second-order valence-corrected chi connectivity index (χ2v) is 15.3. The molecule has 29 heavy (non-hydrogen) atoms. The van der Waals surface area contributed by atoms with Crippen molar-refractivity contribution in [2.45, 2.75) is 63.3 Å². The summed E-state index contributed by atoms with van der Waals surface area (Å²) in [4.78, 5) is 16.0. The summed E-state index contributed by atoms with van der Waals surface area (Å²) >= 11 is 0. The molecule has 0 radical (unpaired) electrons. The van der Waals surface area contributed by atoms with Crippen molar-refractivity contribution in [1.82, 2.24) is 9.55 Å². The van der Waals surface area contributed by atoms with Crippen LogP contribution in [0.4, 0.5) is 5.82 Å². The first-order chi connectivity index (χ1) is 13.1. The Bertz CT molecular complexity index is 897. The van der Waals surface area contributed by atoms with Gasteiger partial charge in [-0.15, -0.1) is 0 Å². The molecule has 0 aromatic carbocycles. The number of nitrogens with zero attached hydrogens (tertiary/aromatic N) is 2. The van der Waals surface area contributed by atoms with Crippen LogP contribution in [0.1, 0.15) is 33.4 Å². The lowest BCUT2D eigenvalue weighted by Gasteiger charge is -2.42. The van der Waals surface area contributed by atoms with Crippen LogP contribution in [0.3, 0.4) is 0 Å². The summed E-state index contributed by atoms with van der Waals surface area (Å²) in [6.07, 6.45) is 1.07. The summed E-state index contributed by atoms with van der Waals surface area (Å²) in [5.74, 6) is 0.0761. The molecule has 3 atom stereocenters. The zero-order valence-electron chi connectivity index (χ0n) is 17.7. The van der Waals surface area contributed by atoms with Gasteiger partial charge in [-0.2, -0.15) is 13.4 Å². The SMILES string of the molecule is CC(C)(C)[Si](C)(C)OC1C[C@H](n2ccc(N)nc2=O)O[C@@]1(CO)COS(C)(=O)=O. The molecule has 0 bridgehead atoms. The number of anilines is 1. The van der Waals surface area contributed by atoms with E-state index in [1.54, 1.807) is 0 Å². The monoisotopic (exact) mass is 449 g/mol. The first-order valence-corrected chi connectivity index (χ1v) is 14.0. The minimum absolute atomic E-state index is 0.0761. The molecule has 1 aromatic rings. The quantitative estimate of drug-likeness (QED) is 0.457. The van der Waals surface area contributed by atoms with Gasteiger partial charge in [0.2, 0.25) is 0 Å². The topological polar surface area (TPSA) is 143 Å². The van der Waals surface area contributed by atoms with Gasteiger partial charge in [-0.1, -0.05) is 20.8 Å². The highest BCUT2D eigenvalue weighted by atomic mass is 32.2. The van der Waals surface area contributed by atoms with Crippen LogP contribution in [-0.4, -0.2) is 62.6 Å². The number of rotatable bonds is 7. The Morgan fingerprint density at radius 3 is 2.55 bits per heavy atom. The van der Waals surface area contributed by atoms with Crippen LogP contribution in [0, 0.1) is 0 Å². The molecule has 166 valence electrons. The summed E-state index contributed by atoms with van der Waals surface area (Å²) in [6.45, 7) is 9.29. The van der Waals surface area contributed by atoms with Crippen molar-refractivity contribution >= 4 is 24.3 Å². The Hall–Kier alpha value is -1.31. The number of aliphatic hydroxyl groups is 1. The summed E-state index contributed by atoms with van der Waals surface area (Å²) in [7, 11) is -6.11. The van der Waals surface area contributed by atoms with Crippen LogP contribution >= 0.6 is 0 Å². The standard InChI is InChI=1S/C17H31N3O7SSi/c1-16(2,3)29(5,6)27-12-9-14(20-8-7-13(18)19-15(20)22)26-17(12,10-21)11-25-28(4,23)24/h7-8,12,14,21H,9-11H2,1-6H3,(H2,18,19,22)/t12?,14-,17+/m1/s1. The molecular weight excluding hydrogens is 418 g/mol. The maximum absolute atomic E-state index is 12.3. The molecule has 1 aliphatic heterocycles. The Kier molecular flexibility index (Phi) is 6.67. The minimum atomic E-state index is -3.78. The van der Waals surface area contributed by atoms with E-state index in [1.165, 1.54) is 16.8 Å². The molecule has 1 aliphatic rings. The van der Waals surface area contributed by atoms with E-state index in [4.69, 9.17) is 19.1 Å². The predicted molar refractivity (Wildman–Crippen MR) is 110 cm³/mol. The molecule has 0 spiro atoms. The van der Waals surface area contributed by atoms with E-state index in [0.717, 1.165) is 6.26 Å². The van der Waals surface area contributed by atoms with E-state index in [9.17, 15) is 18.3 Å². The lowest BCUT2D eigenvalue weighted by molar-refractivity contribution is -0.142. The van der Waals surface area contributed by atoms with Crippen LogP contribution in [0.15, 0.2) is 17.1 Å². The normalized spacial score (nSPS) is 26.0. The largest absolute Gasteiger partial charge is 0.411 e. The number of aliphatic hydroxyl groups excluding tert-OH is 1. The van der Waals surface area contributed by atoms with Crippen LogP contribution in [-0.2, 0) is 23.5 Å². The van der Waals surface area contributed by atoms with Crippen molar-refractivity contribution in [3.05, 3.63) is 22.7 Å². The first-order valence-electron chi connectivity index (χ1n) is 9.26. The Balaban J connectivity index is 2.43. The maximum Gasteiger partial charge on any atom is 0.351 e. The van der Waals surface area contributed by atoms with Gasteiger partial charge in [-0.3, -0.25) is 8.75 Å². The lowest BCUT2D eigenvalue weighted by atomic mass is 9.99. The van der Waals surface area contributed by atoms with Gasteiger partial charge >= 0.3 is 5.69 Å². The summed E-state index contributed by atoms with van der Waals surface area (Å²) in [5.41, 5.74) is 3.48. The molecule has 1 unspecified atom stereocenters. The smallest absolute Gasteiger partial charge is 0.351 e. The highest BCUT2D eigenvalue weighted by Gasteiger charge is 2.54. The van der Waals surface area contributed by atoms with Crippen molar-refractivity contribution in [1.29, 1.82) is 0 Å². The molecular formula is C17H31N3O7SSi. The number of ether oxygens (including phenoxy) is 1. The van der Waals surface area contributed by atoms with Gasteiger partial charge in [0.15, 0.2) is 8.32 Å². The van der Waals surface area contributed by atoms with Crippen LogP contribution in [0.5, 0.6) is 0 Å². The van der Waals surface area contributed by atoms with E-state index in [0.29, 0.717) is 0 Å². The number of aromatic nitrogens is 2. The molecule has 1 fully saturated rings. The molecule has 12 heteroatoms. The van der Waals surface area contributed by atoms with Crippen LogP contribution in [0.25, 0.3) is 0 Å². The first kappa shape index (κ1) is 24.0. The Labute approximate surface area is 172 Å². The highest BCUT2D eigenvalue weighted by Crippen LogP contribution is 2.44. The Morgan fingerprint density at radius 1 is 1.45 bits per heavy atom. The van der Waals surface area contributed by atoms with E-state index in [2.05, 4.69) is 25.8 Å². The molecule has 10 nitrogen and oxygen atoms in total. The van der Waals surface area contributed by atoms with Crippen molar-refractivity contribution in [3.8, 4) is 0 Å². The van der Waals surface area contributed by atoms with Gasteiger partial charge in [0.25, 0.3) is 10.1 Å². The predicted octanol–water partition coefficient (Wildman–Crippen LogP) is 0.842. The van der Waals surface area contributed by atoms with Gasteiger partial charge in [-0.05, 0) is 24.2 Å². The molecule has 1 saturated heterocycles. The molecule has 3 N–H and O–H groups in total. The third-order valence-corrected chi connectivity index (χ3v) is 10.6. The van der Waals surface area contributed by atoms with Gasteiger partial charge in [-0.25, -0.2) is 4.79 Å². The van der Waals surface area contributed by atoms with Crippen molar-refractivity contribution in [2.75, 3.05) is 25.2 Å². The lowest BCUT2D eigenvalue weighted by Crippen LogP contribution is -2.54. The third-order valence-electron chi connectivity index (χ3n) is 5.56. The van der Waals surface area contributed by atoms with Gasteiger partial charge in [0.1, 0.15) is 24.3 Å². The average molecular weight is 450 g/mol. The third kappa shape index (κ3) is 5.44. The van der Waals surface area contributed by atoms with Crippen molar-refractivity contribution in [2.24, 2.45) is 0 Å². The second kappa shape index (κ2) is 8.08. The molecule has 0 saturated carbocycles. The average Bonchev–Trinajstić information content (AvgIpc) is 2.89. The van der Waals surface area contributed by atoms with Gasteiger partial charge < -0.3 is 20.0 Å². The van der Waals surface area contributed by atoms with Gasteiger partial charge in [0, 0.05) is 12.6 Å². The van der Waals surface area contributed by atoms with Crippen LogP contribution < -0.4 is 11.4 Å². The number of nitrogens with two attached hydrogens (primary N) is 1. The molecule has 0 amide bonds. The second-order valence-electron chi connectivity index (χ2n) is 8.91. The molecule has 0 aliphatic carbocycles. The van der Waals surface area contributed by atoms with E-state index in [-0.39, 0.29) is 17.3 Å². The molecule has 2 heterocycles. The van der Waals surface area contributed by atoms with Gasteiger partial charge in [0.05, 0.1) is 19.0 Å². The fourth-order valence-electron chi connectivity index (χ4n) is 2.81. The maximum atomic E-state index is 12.3. The summed E-state index contributed by atoms with van der Waals surface area (Å²) in [5, 5.41) is 10.0. The van der Waals surface area contributed by atoms with Crippen LogP contribution in [0.2, 0.25) is 18.1 Å². The zero-order valence-corrected chi connectivity index (χ0v) is 19.5. The number of hydrogen-bond donors (Lipinski definition) is 2. The fourth-order valence-corrected chi connectivity index (χ4v) is 4.60. The Morgan fingerprint density at radius 2 is 2.07 bits per heavy atom. The summed E-state index contributed by atoms with van der Waals surface area (Å²) < 4.78 is 41.8. The van der Waals surface area contributed by atoms with E-state index >= 15 is 0 Å². The number of hydrogen-bond acceptors (Lipinski definition) is 9. The van der Waals surface area contributed by atoms with E-state index < -0.39 is 55.3 Å².